The number of benzene rings is 1. The van der Waals surface area contributed by atoms with Crippen LogP contribution in [-0.4, -0.2) is 29.0 Å². The second-order valence-corrected chi connectivity index (χ2v) is 3.31. The molecule has 0 saturated heterocycles. The van der Waals surface area contributed by atoms with E-state index in [1.165, 1.54) is 11.0 Å². The molecule has 0 bridgehead atoms. The average molecular weight is 218 g/mol. The number of nitriles is 1. The Kier molecular flexibility index (Phi) is 4.34. The summed E-state index contributed by atoms with van der Waals surface area (Å²) in [7, 11) is 0. The highest BCUT2D eigenvalue weighted by Crippen LogP contribution is 2.17. The Labute approximate surface area is 94.7 Å². The number of hydrogen-bond acceptors (Lipinski definition) is 3. The fraction of sp³-hybridized carbons (Fsp3) is 0.333. The highest BCUT2D eigenvalue weighted by atomic mass is 16.3. The third-order valence-corrected chi connectivity index (χ3v) is 2.30. The van der Waals surface area contributed by atoms with E-state index in [1.54, 1.807) is 18.2 Å². The van der Waals surface area contributed by atoms with Crippen LogP contribution in [0.3, 0.4) is 0 Å². The molecule has 0 aliphatic rings. The van der Waals surface area contributed by atoms with E-state index in [0.29, 0.717) is 19.5 Å². The normalized spacial score (nSPS) is 9.50. The van der Waals surface area contributed by atoms with Gasteiger partial charge < -0.3 is 10.0 Å². The van der Waals surface area contributed by atoms with Gasteiger partial charge in [-0.05, 0) is 19.1 Å². The minimum atomic E-state index is -0.240. The maximum Gasteiger partial charge on any atom is 0.257 e. The number of phenols is 1. The maximum absolute atomic E-state index is 12.0. The maximum atomic E-state index is 12.0. The molecule has 0 atom stereocenters. The quantitative estimate of drug-likeness (QED) is 0.837. The Balaban J connectivity index is 2.84. The van der Waals surface area contributed by atoms with Crippen LogP contribution in [0.5, 0.6) is 5.75 Å². The zero-order valence-corrected chi connectivity index (χ0v) is 9.18. The van der Waals surface area contributed by atoms with Gasteiger partial charge in [-0.3, -0.25) is 4.79 Å². The molecule has 0 aliphatic heterocycles. The molecule has 0 spiro atoms. The number of carbonyl (C=O) groups is 1. The molecular formula is C12H14N2O2. The van der Waals surface area contributed by atoms with E-state index in [0.717, 1.165) is 0 Å². The molecule has 0 radical (unpaired) electrons. The first kappa shape index (κ1) is 12.1. The van der Waals surface area contributed by atoms with Crippen LogP contribution in [0.2, 0.25) is 0 Å². The van der Waals surface area contributed by atoms with Crippen molar-refractivity contribution in [3.63, 3.8) is 0 Å². The molecule has 1 aromatic carbocycles. The number of nitrogens with zero attached hydrogens (tertiary/aromatic N) is 2. The minimum absolute atomic E-state index is 0.0251. The van der Waals surface area contributed by atoms with Crippen molar-refractivity contribution in [3.05, 3.63) is 29.8 Å². The molecule has 1 rings (SSSR count). The van der Waals surface area contributed by atoms with Crippen LogP contribution in [0.25, 0.3) is 0 Å². The first-order chi connectivity index (χ1) is 7.70. The molecule has 0 saturated carbocycles. The Morgan fingerprint density at radius 2 is 2.19 bits per heavy atom. The Morgan fingerprint density at radius 1 is 1.50 bits per heavy atom. The van der Waals surface area contributed by atoms with Gasteiger partial charge in [-0.25, -0.2) is 0 Å². The van der Waals surface area contributed by atoms with Crippen molar-refractivity contribution in [3.8, 4) is 11.8 Å². The second kappa shape index (κ2) is 5.76. The van der Waals surface area contributed by atoms with Gasteiger partial charge >= 0.3 is 0 Å². The van der Waals surface area contributed by atoms with Gasteiger partial charge in [-0.15, -0.1) is 0 Å². The Hall–Kier alpha value is -2.02. The highest BCUT2D eigenvalue weighted by molar-refractivity contribution is 5.96. The van der Waals surface area contributed by atoms with Gasteiger partial charge in [-0.2, -0.15) is 5.26 Å². The van der Waals surface area contributed by atoms with E-state index in [9.17, 15) is 9.90 Å². The lowest BCUT2D eigenvalue weighted by molar-refractivity contribution is 0.0765. The van der Waals surface area contributed by atoms with E-state index in [-0.39, 0.29) is 17.2 Å². The predicted molar refractivity (Wildman–Crippen MR) is 59.9 cm³/mol. The number of carbonyl (C=O) groups excluding carboxylic acids is 1. The Bertz CT molecular complexity index is 410. The number of phenolic OH excluding ortho intramolecular Hbond substituents is 1. The van der Waals surface area contributed by atoms with Gasteiger partial charge in [0.1, 0.15) is 5.75 Å². The van der Waals surface area contributed by atoms with Gasteiger partial charge in [0.2, 0.25) is 0 Å². The SMILES string of the molecule is CCN(CCC#N)C(=O)c1ccccc1O. The summed E-state index contributed by atoms with van der Waals surface area (Å²) in [5.41, 5.74) is 0.280. The molecule has 4 nitrogen and oxygen atoms in total. The first-order valence-corrected chi connectivity index (χ1v) is 5.15. The second-order valence-electron chi connectivity index (χ2n) is 3.31. The molecule has 16 heavy (non-hydrogen) atoms. The monoisotopic (exact) mass is 218 g/mol. The number of aromatic hydroxyl groups is 1. The standard InChI is InChI=1S/C12H14N2O2/c1-2-14(9-5-8-13)12(16)10-6-3-4-7-11(10)15/h3-4,6-7,15H,2,5,9H2,1H3. The van der Waals surface area contributed by atoms with Gasteiger partial charge in [0.05, 0.1) is 18.1 Å². The molecule has 0 heterocycles. The van der Waals surface area contributed by atoms with Crippen LogP contribution in [0.15, 0.2) is 24.3 Å². The largest absolute Gasteiger partial charge is 0.507 e. The van der Waals surface area contributed by atoms with Crippen molar-refractivity contribution in [2.45, 2.75) is 13.3 Å². The van der Waals surface area contributed by atoms with Gasteiger partial charge in [0, 0.05) is 13.1 Å². The van der Waals surface area contributed by atoms with E-state index in [4.69, 9.17) is 5.26 Å². The van der Waals surface area contributed by atoms with Crippen LogP contribution >= 0.6 is 0 Å². The summed E-state index contributed by atoms with van der Waals surface area (Å²) >= 11 is 0. The van der Waals surface area contributed by atoms with Crippen LogP contribution in [0, 0.1) is 11.3 Å². The smallest absolute Gasteiger partial charge is 0.257 e. The molecule has 1 N–H and O–H groups in total. The number of amides is 1. The van der Waals surface area contributed by atoms with Crippen molar-refractivity contribution in [2.24, 2.45) is 0 Å². The average Bonchev–Trinajstić information content (AvgIpc) is 2.30. The van der Waals surface area contributed by atoms with Crippen molar-refractivity contribution in [1.29, 1.82) is 5.26 Å². The summed E-state index contributed by atoms with van der Waals surface area (Å²) in [6.45, 7) is 2.75. The highest BCUT2D eigenvalue weighted by Gasteiger charge is 2.16. The van der Waals surface area contributed by atoms with Crippen LogP contribution < -0.4 is 0 Å². The van der Waals surface area contributed by atoms with Crippen LogP contribution in [0.4, 0.5) is 0 Å². The van der Waals surface area contributed by atoms with E-state index in [1.807, 2.05) is 13.0 Å². The van der Waals surface area contributed by atoms with E-state index >= 15 is 0 Å². The summed E-state index contributed by atoms with van der Waals surface area (Å²) in [5, 5.41) is 18.0. The summed E-state index contributed by atoms with van der Waals surface area (Å²) in [6.07, 6.45) is 0.299. The molecule has 0 fully saturated rings. The minimum Gasteiger partial charge on any atom is -0.507 e. The van der Waals surface area contributed by atoms with Crippen molar-refractivity contribution < 1.29 is 9.90 Å². The topological polar surface area (TPSA) is 64.3 Å². The lowest BCUT2D eigenvalue weighted by Gasteiger charge is -2.19. The first-order valence-electron chi connectivity index (χ1n) is 5.15. The number of hydrogen-bond donors (Lipinski definition) is 1. The lowest BCUT2D eigenvalue weighted by Crippen LogP contribution is -2.31. The summed E-state index contributed by atoms with van der Waals surface area (Å²) in [5.74, 6) is -0.265. The molecule has 0 unspecified atom stereocenters. The molecule has 4 heteroatoms. The third kappa shape index (κ3) is 2.74. The van der Waals surface area contributed by atoms with E-state index < -0.39 is 0 Å². The summed E-state index contributed by atoms with van der Waals surface area (Å²) in [6, 6.07) is 8.41. The molecule has 84 valence electrons. The van der Waals surface area contributed by atoms with Crippen LogP contribution in [0.1, 0.15) is 23.7 Å². The zero-order chi connectivity index (χ0) is 12.0. The summed E-state index contributed by atoms with van der Waals surface area (Å²) in [4.78, 5) is 13.5. The lowest BCUT2D eigenvalue weighted by atomic mass is 10.1. The van der Waals surface area contributed by atoms with Gasteiger partial charge in [0.15, 0.2) is 0 Å². The number of rotatable bonds is 4. The molecule has 0 aromatic heterocycles. The Morgan fingerprint density at radius 3 is 2.75 bits per heavy atom. The molecule has 1 amide bonds. The molecular weight excluding hydrogens is 204 g/mol. The van der Waals surface area contributed by atoms with Gasteiger partial charge in [-0.1, -0.05) is 12.1 Å². The predicted octanol–water partition coefficient (Wildman–Crippen LogP) is 1.77. The van der Waals surface area contributed by atoms with Crippen molar-refractivity contribution >= 4 is 5.91 Å². The van der Waals surface area contributed by atoms with E-state index in [2.05, 4.69) is 0 Å². The summed E-state index contributed by atoms with van der Waals surface area (Å²) < 4.78 is 0. The molecule has 1 aromatic rings. The van der Waals surface area contributed by atoms with Crippen molar-refractivity contribution in [2.75, 3.05) is 13.1 Å². The third-order valence-electron chi connectivity index (χ3n) is 2.30. The fourth-order valence-corrected chi connectivity index (χ4v) is 1.41. The fourth-order valence-electron chi connectivity index (χ4n) is 1.41. The van der Waals surface area contributed by atoms with Crippen molar-refractivity contribution in [1.82, 2.24) is 4.90 Å². The van der Waals surface area contributed by atoms with Crippen LogP contribution in [-0.2, 0) is 0 Å². The molecule has 0 aliphatic carbocycles. The zero-order valence-electron chi connectivity index (χ0n) is 9.18. The van der Waals surface area contributed by atoms with Gasteiger partial charge in [0.25, 0.3) is 5.91 Å². The number of para-hydroxylation sites is 1.